The lowest BCUT2D eigenvalue weighted by molar-refractivity contribution is -0.130. The van der Waals surface area contributed by atoms with Crippen molar-refractivity contribution in [2.24, 2.45) is 0 Å². The molecule has 6 nitrogen and oxygen atoms in total. The highest BCUT2D eigenvalue weighted by molar-refractivity contribution is 8.00. The van der Waals surface area contributed by atoms with Crippen molar-refractivity contribution in [2.45, 2.75) is 5.37 Å². The Morgan fingerprint density at radius 1 is 1.17 bits per heavy atom. The Kier molecular flexibility index (Phi) is 3.70. The number of nitrogens with zero attached hydrogens (tertiary/aromatic N) is 2. The Hall–Kier alpha value is -2.80. The quantitative estimate of drug-likeness (QED) is 0.769. The van der Waals surface area contributed by atoms with Crippen molar-refractivity contribution in [3.8, 4) is 0 Å². The first kappa shape index (κ1) is 14.8. The third-order valence-corrected chi connectivity index (χ3v) is 4.99. The lowest BCUT2D eigenvalue weighted by Crippen LogP contribution is -2.44. The average Bonchev–Trinajstić information content (AvgIpc) is 3.20. The molecule has 2 aromatic carbocycles. The van der Waals surface area contributed by atoms with E-state index in [1.807, 2.05) is 54.6 Å². The van der Waals surface area contributed by atoms with Gasteiger partial charge in [0.2, 0.25) is 0 Å². The second kappa shape index (κ2) is 6.01. The van der Waals surface area contributed by atoms with Gasteiger partial charge < -0.3 is 4.98 Å². The molecule has 1 saturated heterocycles. The minimum Gasteiger partial charge on any atom is -0.334 e. The highest BCUT2D eigenvalue weighted by Crippen LogP contribution is 2.37. The first-order valence-corrected chi connectivity index (χ1v) is 8.51. The molecule has 2 N–H and O–H groups in total. The summed E-state index contributed by atoms with van der Waals surface area (Å²) in [6.07, 6.45) is 0. The number of H-pyrrole nitrogens is 1. The molecule has 4 rings (SSSR count). The van der Waals surface area contributed by atoms with E-state index >= 15 is 0 Å². The number of nitrogens with one attached hydrogen (secondary N) is 2. The molecule has 1 aromatic heterocycles. The molecule has 1 atom stereocenters. The third kappa shape index (κ3) is 2.63. The summed E-state index contributed by atoms with van der Waals surface area (Å²) >= 11 is 1.48. The van der Waals surface area contributed by atoms with Crippen molar-refractivity contribution in [2.75, 3.05) is 5.75 Å². The topological polar surface area (TPSA) is 78.1 Å². The van der Waals surface area contributed by atoms with Crippen LogP contribution in [0.5, 0.6) is 0 Å². The van der Waals surface area contributed by atoms with Crippen LogP contribution in [0.1, 0.15) is 21.6 Å². The molecule has 2 heterocycles. The molecule has 7 heteroatoms. The van der Waals surface area contributed by atoms with Crippen LogP contribution in [0.25, 0.3) is 11.0 Å². The van der Waals surface area contributed by atoms with Gasteiger partial charge in [0.1, 0.15) is 5.37 Å². The number of fused-ring (bicyclic) bond motifs is 1. The molecule has 1 aliphatic rings. The van der Waals surface area contributed by atoms with Crippen LogP contribution >= 0.6 is 11.8 Å². The number of rotatable bonds is 3. The van der Waals surface area contributed by atoms with Crippen LogP contribution in [0.3, 0.4) is 0 Å². The smallest absolute Gasteiger partial charge is 0.305 e. The number of hydrogen-bond donors (Lipinski definition) is 2. The lowest BCUT2D eigenvalue weighted by atomic mass is 10.2. The normalized spacial score (nSPS) is 17.4. The van der Waals surface area contributed by atoms with Gasteiger partial charge in [-0.1, -0.05) is 42.5 Å². The maximum absolute atomic E-state index is 12.5. The molecular weight excluding hydrogens is 324 g/mol. The number of para-hydroxylation sites is 2. The fourth-order valence-electron chi connectivity index (χ4n) is 2.63. The molecule has 0 aliphatic carbocycles. The summed E-state index contributed by atoms with van der Waals surface area (Å²) in [4.78, 5) is 31.9. The Morgan fingerprint density at radius 3 is 2.71 bits per heavy atom. The lowest BCUT2D eigenvalue weighted by Gasteiger charge is -2.24. The summed E-state index contributed by atoms with van der Waals surface area (Å²) in [6, 6.07) is 17.0. The summed E-state index contributed by atoms with van der Waals surface area (Å²) in [6.45, 7) is 0. The number of thioether (sulfide) groups is 1. The molecule has 0 spiro atoms. The number of amides is 2. The Bertz CT molecular complexity index is 876. The highest BCUT2D eigenvalue weighted by Gasteiger charge is 2.34. The molecule has 3 aromatic rings. The molecule has 0 bridgehead atoms. The summed E-state index contributed by atoms with van der Waals surface area (Å²) in [5.41, 5.74) is 5.15. The van der Waals surface area contributed by atoms with E-state index < -0.39 is 5.91 Å². The van der Waals surface area contributed by atoms with Gasteiger partial charge in [-0.3, -0.25) is 15.0 Å². The van der Waals surface area contributed by atoms with Gasteiger partial charge in [0.15, 0.2) is 5.82 Å². The molecule has 0 saturated carbocycles. The average molecular weight is 338 g/mol. The fourth-order valence-corrected chi connectivity index (χ4v) is 3.74. The maximum Gasteiger partial charge on any atom is 0.305 e. The standard InChI is InChI=1S/C17H14N4O2S/c22-14-10-24-17(11-6-2-1-3-7-11)21(14)20-16(23)15-18-12-8-4-5-9-13(12)19-15/h1-9,17H,10H2,(H,18,19)(H,20,23). The molecule has 0 radical (unpaired) electrons. The molecular formula is C17H14N4O2S. The van der Waals surface area contributed by atoms with E-state index in [9.17, 15) is 9.59 Å². The van der Waals surface area contributed by atoms with Gasteiger partial charge in [-0.05, 0) is 17.7 Å². The van der Waals surface area contributed by atoms with Crippen molar-refractivity contribution in [1.29, 1.82) is 0 Å². The first-order valence-electron chi connectivity index (χ1n) is 7.47. The molecule has 120 valence electrons. The van der Waals surface area contributed by atoms with Crippen LogP contribution in [0.4, 0.5) is 0 Å². The van der Waals surface area contributed by atoms with Gasteiger partial charge in [0, 0.05) is 0 Å². The van der Waals surface area contributed by atoms with Crippen molar-refractivity contribution >= 4 is 34.6 Å². The Balaban J connectivity index is 1.58. The van der Waals surface area contributed by atoms with Gasteiger partial charge in [0.25, 0.3) is 5.91 Å². The third-order valence-electron chi connectivity index (χ3n) is 3.78. The second-order valence-electron chi connectivity index (χ2n) is 5.38. The van der Waals surface area contributed by atoms with Crippen LogP contribution in [0, 0.1) is 0 Å². The van der Waals surface area contributed by atoms with Crippen molar-refractivity contribution in [3.63, 3.8) is 0 Å². The minimum atomic E-state index is -0.428. The maximum atomic E-state index is 12.5. The first-order chi connectivity index (χ1) is 11.7. The van der Waals surface area contributed by atoms with Crippen LogP contribution < -0.4 is 5.43 Å². The predicted octanol–water partition coefficient (Wildman–Crippen LogP) is 2.48. The van der Waals surface area contributed by atoms with E-state index in [4.69, 9.17) is 0 Å². The molecule has 1 unspecified atom stereocenters. The Labute approximate surface area is 142 Å². The molecule has 24 heavy (non-hydrogen) atoms. The van der Waals surface area contributed by atoms with Gasteiger partial charge in [-0.2, -0.15) is 0 Å². The fraction of sp³-hybridized carbons (Fsp3) is 0.118. The highest BCUT2D eigenvalue weighted by atomic mass is 32.2. The number of hydrogen-bond acceptors (Lipinski definition) is 4. The van der Waals surface area contributed by atoms with Crippen LogP contribution in [-0.2, 0) is 4.79 Å². The van der Waals surface area contributed by atoms with Crippen molar-refractivity contribution in [3.05, 3.63) is 66.0 Å². The van der Waals surface area contributed by atoms with Crippen LogP contribution in [0.15, 0.2) is 54.6 Å². The van der Waals surface area contributed by atoms with Crippen LogP contribution in [-0.4, -0.2) is 32.5 Å². The van der Waals surface area contributed by atoms with E-state index in [1.165, 1.54) is 16.8 Å². The van der Waals surface area contributed by atoms with Gasteiger partial charge in [0.05, 0.1) is 16.8 Å². The Morgan fingerprint density at radius 2 is 1.92 bits per heavy atom. The zero-order valence-corrected chi connectivity index (χ0v) is 13.4. The molecule has 1 aliphatic heterocycles. The number of carbonyl (C=O) groups is 2. The number of hydrazine groups is 1. The zero-order chi connectivity index (χ0) is 16.5. The SMILES string of the molecule is O=C(NN1C(=O)CSC1c1ccccc1)c1nc2ccccc2[nH]1. The second-order valence-corrected chi connectivity index (χ2v) is 6.45. The minimum absolute atomic E-state index is 0.127. The van der Waals surface area contributed by atoms with E-state index in [-0.39, 0.29) is 17.1 Å². The van der Waals surface area contributed by atoms with Gasteiger partial charge in [-0.25, -0.2) is 9.99 Å². The van der Waals surface area contributed by atoms with Crippen molar-refractivity contribution in [1.82, 2.24) is 20.4 Å². The number of benzene rings is 2. The zero-order valence-electron chi connectivity index (χ0n) is 12.6. The monoisotopic (exact) mass is 338 g/mol. The summed E-state index contributed by atoms with van der Waals surface area (Å²) < 4.78 is 0. The number of imidazole rings is 1. The number of aromatic nitrogens is 2. The van der Waals surface area contributed by atoms with E-state index in [0.717, 1.165) is 11.1 Å². The predicted molar refractivity (Wildman–Crippen MR) is 92.0 cm³/mol. The van der Waals surface area contributed by atoms with E-state index in [2.05, 4.69) is 15.4 Å². The van der Waals surface area contributed by atoms with Crippen molar-refractivity contribution < 1.29 is 9.59 Å². The number of aromatic amines is 1. The summed E-state index contributed by atoms with van der Waals surface area (Å²) in [5, 5.41) is 1.15. The summed E-state index contributed by atoms with van der Waals surface area (Å²) in [7, 11) is 0. The number of carbonyl (C=O) groups excluding carboxylic acids is 2. The van der Waals surface area contributed by atoms with Gasteiger partial charge in [-0.15, -0.1) is 11.8 Å². The largest absolute Gasteiger partial charge is 0.334 e. The van der Waals surface area contributed by atoms with Gasteiger partial charge >= 0.3 is 5.91 Å². The van der Waals surface area contributed by atoms with E-state index in [1.54, 1.807) is 0 Å². The molecule has 1 fully saturated rings. The molecule has 2 amide bonds. The van der Waals surface area contributed by atoms with E-state index in [0.29, 0.717) is 11.3 Å². The summed E-state index contributed by atoms with van der Waals surface area (Å²) in [5.74, 6) is -0.0334. The van der Waals surface area contributed by atoms with Crippen LogP contribution in [0.2, 0.25) is 0 Å².